The van der Waals surface area contributed by atoms with Gasteiger partial charge in [-0.3, -0.25) is 0 Å². The first-order chi connectivity index (χ1) is 7.25. The molecular weight excluding hydrogens is 195 g/mol. The van der Waals surface area contributed by atoms with Crippen molar-refractivity contribution in [3.05, 3.63) is 24.3 Å². The molecule has 15 heavy (non-hydrogen) atoms. The molecule has 0 saturated carbocycles. The molecule has 5 heteroatoms. The number of hydrogen-bond acceptors (Lipinski definition) is 4. The van der Waals surface area contributed by atoms with Gasteiger partial charge in [0, 0.05) is 6.42 Å². The fraction of sp³-hybridized carbons (Fsp3) is 0.400. The molecule has 0 amide bonds. The van der Waals surface area contributed by atoms with Crippen molar-refractivity contribution in [1.82, 2.24) is 0 Å². The Morgan fingerprint density at radius 2 is 2.00 bits per heavy atom. The summed E-state index contributed by atoms with van der Waals surface area (Å²) >= 11 is 0. The summed E-state index contributed by atoms with van der Waals surface area (Å²) < 4.78 is 10.8. The summed E-state index contributed by atoms with van der Waals surface area (Å²) in [6.07, 6.45) is 1.03. The van der Waals surface area contributed by atoms with Gasteiger partial charge < -0.3 is 19.5 Å². The van der Waals surface area contributed by atoms with Crippen LogP contribution in [0.2, 0.25) is 0 Å². The molecule has 0 unspecified atom stereocenters. The van der Waals surface area contributed by atoms with Crippen molar-refractivity contribution >= 4 is 12.6 Å². The van der Waals surface area contributed by atoms with Gasteiger partial charge in [0.05, 0.1) is 13.2 Å². The summed E-state index contributed by atoms with van der Waals surface area (Å²) in [5.74, 6) is 0.731. The average molecular weight is 208 g/mol. The van der Waals surface area contributed by atoms with Crippen LogP contribution in [0.5, 0.6) is 5.75 Å². The van der Waals surface area contributed by atoms with Crippen LogP contribution in [0.15, 0.2) is 24.3 Å². The fourth-order valence-corrected chi connectivity index (χ4v) is 1.52. The minimum Gasteiger partial charge on any atom is -0.488 e. The smallest absolute Gasteiger partial charge is 0.488 e. The Balaban J connectivity index is 1.97. The van der Waals surface area contributed by atoms with Crippen LogP contribution >= 0.6 is 0 Å². The largest absolute Gasteiger partial charge is 0.488 e. The summed E-state index contributed by atoms with van der Waals surface area (Å²) in [5, 5.41) is 17.8. The molecule has 80 valence electrons. The summed E-state index contributed by atoms with van der Waals surface area (Å²) in [7, 11) is -1.42. The first-order valence-electron chi connectivity index (χ1n) is 4.96. The standard InChI is InChI=1S/C10H13BO4/c12-11(13)8-1-3-9(4-2-8)15-10-5-6-14-7-10/h1-4,10,12-13H,5-7H2/t10-/m1/s1. The van der Waals surface area contributed by atoms with Gasteiger partial charge in [0.1, 0.15) is 11.9 Å². The highest BCUT2D eigenvalue weighted by Gasteiger charge is 2.17. The number of benzene rings is 1. The van der Waals surface area contributed by atoms with Gasteiger partial charge in [0.2, 0.25) is 0 Å². The molecule has 2 N–H and O–H groups in total. The lowest BCUT2D eigenvalue weighted by molar-refractivity contribution is 0.141. The van der Waals surface area contributed by atoms with Gasteiger partial charge >= 0.3 is 7.12 Å². The summed E-state index contributed by atoms with van der Waals surface area (Å²) in [6, 6.07) is 6.73. The third kappa shape index (κ3) is 2.71. The lowest BCUT2D eigenvalue weighted by atomic mass is 9.80. The van der Waals surface area contributed by atoms with Gasteiger partial charge in [0.15, 0.2) is 0 Å². The molecule has 0 spiro atoms. The Hall–Kier alpha value is -1.04. The average Bonchev–Trinajstić information content (AvgIpc) is 2.71. The second kappa shape index (κ2) is 4.66. The molecule has 1 saturated heterocycles. The van der Waals surface area contributed by atoms with Crippen LogP contribution in [0, 0.1) is 0 Å². The normalized spacial score (nSPS) is 20.3. The third-order valence-corrected chi connectivity index (χ3v) is 2.37. The van der Waals surface area contributed by atoms with E-state index in [-0.39, 0.29) is 6.10 Å². The molecule has 0 aliphatic carbocycles. The molecule has 1 fully saturated rings. The molecular formula is C10H13BO4. The molecule has 2 rings (SSSR count). The van der Waals surface area contributed by atoms with Crippen LogP contribution in [0.4, 0.5) is 0 Å². The van der Waals surface area contributed by atoms with Crippen molar-refractivity contribution in [1.29, 1.82) is 0 Å². The number of hydrogen-bond donors (Lipinski definition) is 2. The van der Waals surface area contributed by atoms with Gasteiger partial charge in [-0.15, -0.1) is 0 Å². The third-order valence-electron chi connectivity index (χ3n) is 2.37. The molecule has 1 aliphatic heterocycles. The molecule has 1 aromatic carbocycles. The fourth-order valence-electron chi connectivity index (χ4n) is 1.52. The SMILES string of the molecule is OB(O)c1ccc(O[C@@H]2CCOC2)cc1. The summed E-state index contributed by atoms with van der Waals surface area (Å²) in [5.41, 5.74) is 0.463. The van der Waals surface area contributed by atoms with Gasteiger partial charge in [-0.25, -0.2) is 0 Å². The lowest BCUT2D eigenvalue weighted by Gasteiger charge is -2.11. The van der Waals surface area contributed by atoms with Crippen LogP contribution in [0.3, 0.4) is 0 Å². The Bertz CT molecular complexity index is 306. The second-order valence-corrected chi connectivity index (χ2v) is 3.55. The molecule has 1 aliphatic rings. The Morgan fingerprint density at radius 3 is 2.53 bits per heavy atom. The molecule has 4 nitrogen and oxygen atoms in total. The van der Waals surface area contributed by atoms with Gasteiger partial charge in [-0.1, -0.05) is 12.1 Å². The maximum atomic E-state index is 8.89. The van der Waals surface area contributed by atoms with Crippen molar-refractivity contribution in [2.45, 2.75) is 12.5 Å². The van der Waals surface area contributed by atoms with E-state index in [1.54, 1.807) is 24.3 Å². The minimum absolute atomic E-state index is 0.120. The number of rotatable bonds is 3. The zero-order chi connectivity index (χ0) is 10.7. The minimum atomic E-state index is -1.42. The molecule has 0 radical (unpaired) electrons. The maximum absolute atomic E-state index is 8.89. The van der Waals surface area contributed by atoms with E-state index in [1.807, 2.05) is 0 Å². The summed E-state index contributed by atoms with van der Waals surface area (Å²) in [6.45, 7) is 1.38. The second-order valence-electron chi connectivity index (χ2n) is 3.55. The summed E-state index contributed by atoms with van der Waals surface area (Å²) in [4.78, 5) is 0. The van der Waals surface area contributed by atoms with Crippen LogP contribution in [0.1, 0.15) is 6.42 Å². The first-order valence-corrected chi connectivity index (χ1v) is 4.96. The predicted octanol–water partition coefficient (Wildman–Crippen LogP) is -0.466. The first kappa shape index (κ1) is 10.5. The zero-order valence-corrected chi connectivity index (χ0v) is 8.30. The molecule has 1 heterocycles. The lowest BCUT2D eigenvalue weighted by Crippen LogP contribution is -2.29. The van der Waals surface area contributed by atoms with E-state index in [2.05, 4.69) is 0 Å². The molecule has 0 aromatic heterocycles. The van der Waals surface area contributed by atoms with Crippen molar-refractivity contribution in [2.75, 3.05) is 13.2 Å². The van der Waals surface area contributed by atoms with E-state index in [1.165, 1.54) is 0 Å². The van der Waals surface area contributed by atoms with Gasteiger partial charge in [0.25, 0.3) is 0 Å². The van der Waals surface area contributed by atoms with Crippen molar-refractivity contribution in [3.63, 3.8) is 0 Å². The van der Waals surface area contributed by atoms with Crippen LogP contribution in [-0.2, 0) is 4.74 Å². The van der Waals surface area contributed by atoms with E-state index in [0.717, 1.165) is 18.8 Å². The highest BCUT2D eigenvalue weighted by Crippen LogP contribution is 2.15. The maximum Gasteiger partial charge on any atom is 0.488 e. The Kier molecular flexibility index (Phi) is 3.25. The van der Waals surface area contributed by atoms with Crippen LogP contribution in [-0.4, -0.2) is 36.5 Å². The van der Waals surface area contributed by atoms with Gasteiger partial charge in [-0.05, 0) is 17.6 Å². The Morgan fingerprint density at radius 1 is 1.27 bits per heavy atom. The van der Waals surface area contributed by atoms with E-state index in [9.17, 15) is 0 Å². The van der Waals surface area contributed by atoms with E-state index >= 15 is 0 Å². The molecule has 1 atom stereocenters. The van der Waals surface area contributed by atoms with Crippen LogP contribution in [0.25, 0.3) is 0 Å². The quantitative estimate of drug-likeness (QED) is 0.659. The van der Waals surface area contributed by atoms with Gasteiger partial charge in [-0.2, -0.15) is 0 Å². The topological polar surface area (TPSA) is 58.9 Å². The van der Waals surface area contributed by atoms with E-state index in [0.29, 0.717) is 12.1 Å². The van der Waals surface area contributed by atoms with E-state index in [4.69, 9.17) is 19.5 Å². The number of ether oxygens (including phenoxy) is 2. The molecule has 0 bridgehead atoms. The van der Waals surface area contributed by atoms with Crippen molar-refractivity contribution in [2.24, 2.45) is 0 Å². The highest BCUT2D eigenvalue weighted by atomic mass is 16.5. The monoisotopic (exact) mass is 208 g/mol. The van der Waals surface area contributed by atoms with Crippen molar-refractivity contribution in [3.8, 4) is 5.75 Å². The highest BCUT2D eigenvalue weighted by molar-refractivity contribution is 6.58. The zero-order valence-electron chi connectivity index (χ0n) is 8.30. The molecule has 1 aromatic rings. The van der Waals surface area contributed by atoms with Crippen molar-refractivity contribution < 1.29 is 19.5 Å². The van der Waals surface area contributed by atoms with E-state index < -0.39 is 7.12 Å². The van der Waals surface area contributed by atoms with Crippen LogP contribution < -0.4 is 10.2 Å². The predicted molar refractivity (Wildman–Crippen MR) is 56.1 cm³/mol. The Labute approximate surface area is 88.6 Å².